The van der Waals surface area contributed by atoms with Crippen LogP contribution >= 0.6 is 7.82 Å². The molecule has 3 heterocycles. The average molecular weight is 618 g/mol. The van der Waals surface area contributed by atoms with Crippen LogP contribution in [0.5, 0.6) is 0 Å². The lowest BCUT2D eigenvalue weighted by Gasteiger charge is -2.33. The number of nitriles is 1. The van der Waals surface area contributed by atoms with Crippen molar-refractivity contribution in [1.29, 1.82) is 5.26 Å². The molecule has 18 nitrogen and oxygen atoms in total. The zero-order valence-electron chi connectivity index (χ0n) is 23.4. The molecule has 4 atom stereocenters. The number of aliphatic hydroxyl groups excluding tert-OH is 1. The van der Waals surface area contributed by atoms with Gasteiger partial charge in [0.15, 0.2) is 5.82 Å². The van der Waals surface area contributed by atoms with Crippen molar-refractivity contribution in [2.24, 2.45) is 0 Å². The number of nitrogens with zero attached hydrogens (tertiary/aromatic N) is 4. The summed E-state index contributed by atoms with van der Waals surface area (Å²) in [5.74, 6) is 0.0802. The van der Waals surface area contributed by atoms with Crippen molar-refractivity contribution in [1.82, 2.24) is 14.6 Å². The first-order valence-electron chi connectivity index (χ1n) is 12.4. The number of carbonyl (C=O) groups is 2. The van der Waals surface area contributed by atoms with Gasteiger partial charge in [0, 0.05) is 0 Å². The van der Waals surface area contributed by atoms with Gasteiger partial charge in [-0.2, -0.15) is 10.4 Å². The minimum absolute atomic E-state index is 0.00506. The number of anilines is 1. The summed E-state index contributed by atoms with van der Waals surface area (Å²) in [5, 5.41) is 36.5. The van der Waals surface area contributed by atoms with E-state index in [-0.39, 0.29) is 11.5 Å². The van der Waals surface area contributed by atoms with Gasteiger partial charge in [-0.1, -0.05) is 0 Å². The van der Waals surface area contributed by atoms with Crippen molar-refractivity contribution in [3.63, 3.8) is 0 Å². The van der Waals surface area contributed by atoms with E-state index in [0.29, 0.717) is 5.52 Å². The third kappa shape index (κ3) is 7.07. The lowest BCUT2D eigenvalue weighted by Crippen LogP contribution is -2.52. The SMILES string of the molecule is CC(C)OC(=O)OCOP(=O)(OCOC(=O)OC(C)C)OC[C@H]1O[C@@](C#N)(c2ccc3c(N)ncnn23)[C@](C)(O)[C@@H]1O. The number of nitrogen functional groups attached to an aromatic ring is 1. The van der Waals surface area contributed by atoms with E-state index in [9.17, 15) is 29.6 Å². The minimum Gasteiger partial charge on any atom is -0.432 e. The second-order valence-corrected chi connectivity index (χ2v) is 11.2. The standard InChI is InChI=1S/C23H32N5O13P/c1-13(2)39-20(30)34-11-37-42(33,38-12-35-21(31)40-14(3)4)36-8-16-18(29)22(5,32)23(9-24,41-16)17-7-6-15-19(25)26-10-27-28(15)17/h6-7,10,13-14,16,18,29,32H,8,11-12H2,1-5H3,(H2,25,26,27)/t16-,18-,22-,23+/m1/s1. The minimum atomic E-state index is -4.74. The van der Waals surface area contributed by atoms with E-state index < -0.39 is 75.9 Å². The van der Waals surface area contributed by atoms with Gasteiger partial charge in [-0.25, -0.2) is 32.7 Å². The molecule has 2 aromatic heterocycles. The molecule has 232 valence electrons. The van der Waals surface area contributed by atoms with Crippen LogP contribution in [-0.2, 0) is 47.4 Å². The number of hydrogen-bond acceptors (Lipinski definition) is 17. The van der Waals surface area contributed by atoms with E-state index >= 15 is 0 Å². The first kappa shape index (κ1) is 32.9. The topological polar surface area (TPSA) is 246 Å². The molecule has 0 bridgehead atoms. The largest absolute Gasteiger partial charge is 0.510 e. The monoisotopic (exact) mass is 617 g/mol. The summed E-state index contributed by atoms with van der Waals surface area (Å²) >= 11 is 0. The Hall–Kier alpha value is -3.56. The number of rotatable bonds is 12. The summed E-state index contributed by atoms with van der Waals surface area (Å²) in [4.78, 5) is 27.2. The van der Waals surface area contributed by atoms with Gasteiger partial charge in [0.1, 0.15) is 35.7 Å². The Morgan fingerprint density at radius 1 is 1.14 bits per heavy atom. The zero-order valence-corrected chi connectivity index (χ0v) is 24.3. The van der Waals surface area contributed by atoms with Crippen molar-refractivity contribution in [3.8, 4) is 6.07 Å². The molecule has 1 aliphatic rings. The molecule has 1 saturated heterocycles. The van der Waals surface area contributed by atoms with E-state index in [0.717, 1.165) is 13.3 Å². The van der Waals surface area contributed by atoms with E-state index in [1.54, 1.807) is 27.7 Å². The summed E-state index contributed by atoms with van der Waals surface area (Å²) < 4.78 is 54.4. The fourth-order valence-corrected chi connectivity index (χ4v) is 4.77. The molecule has 0 spiro atoms. The number of phosphoric acid groups is 1. The van der Waals surface area contributed by atoms with Crippen LogP contribution in [0.1, 0.15) is 40.3 Å². The average Bonchev–Trinajstić information content (AvgIpc) is 3.41. The molecule has 1 fully saturated rings. The lowest BCUT2D eigenvalue weighted by molar-refractivity contribution is -0.110. The molecule has 1 aliphatic heterocycles. The number of nitrogens with two attached hydrogens (primary N) is 1. The second kappa shape index (κ2) is 13.2. The normalized spacial score (nSPS) is 24.1. The Balaban J connectivity index is 1.78. The molecule has 0 saturated carbocycles. The fraction of sp³-hybridized carbons (Fsp3) is 0.609. The van der Waals surface area contributed by atoms with Crippen molar-refractivity contribution >= 4 is 31.5 Å². The highest BCUT2D eigenvalue weighted by molar-refractivity contribution is 7.48. The van der Waals surface area contributed by atoms with Gasteiger partial charge < -0.3 is 39.6 Å². The molecule has 0 radical (unpaired) electrons. The van der Waals surface area contributed by atoms with Crippen LogP contribution in [-0.4, -0.2) is 87.3 Å². The van der Waals surface area contributed by atoms with E-state index in [1.165, 1.54) is 16.6 Å². The molecular weight excluding hydrogens is 585 g/mol. The molecule has 0 aromatic carbocycles. The summed E-state index contributed by atoms with van der Waals surface area (Å²) in [6, 6.07) is 4.78. The fourth-order valence-electron chi connectivity index (χ4n) is 3.85. The Bertz CT molecular complexity index is 1330. The van der Waals surface area contributed by atoms with Gasteiger partial charge >= 0.3 is 20.1 Å². The molecule has 4 N–H and O–H groups in total. The van der Waals surface area contributed by atoms with E-state index in [4.69, 9.17) is 33.5 Å². The van der Waals surface area contributed by atoms with E-state index in [1.807, 2.05) is 6.07 Å². The number of hydrogen-bond donors (Lipinski definition) is 3. The first-order valence-corrected chi connectivity index (χ1v) is 13.9. The van der Waals surface area contributed by atoms with Crippen molar-refractivity contribution in [2.75, 3.05) is 25.9 Å². The molecular formula is C23H32N5O13P. The summed E-state index contributed by atoms with van der Waals surface area (Å²) in [5.41, 5.74) is 1.67. The highest BCUT2D eigenvalue weighted by Crippen LogP contribution is 2.52. The van der Waals surface area contributed by atoms with Crippen LogP contribution in [0, 0.1) is 11.3 Å². The molecule has 0 amide bonds. The number of phosphoric ester groups is 1. The van der Waals surface area contributed by atoms with Gasteiger partial charge in [-0.05, 0) is 46.8 Å². The van der Waals surface area contributed by atoms with Crippen LogP contribution < -0.4 is 5.73 Å². The molecule has 3 rings (SSSR count). The number of aliphatic hydroxyl groups is 2. The van der Waals surface area contributed by atoms with Gasteiger partial charge in [-0.3, -0.25) is 4.52 Å². The van der Waals surface area contributed by atoms with Gasteiger partial charge in [0.05, 0.1) is 24.5 Å². The third-order valence-electron chi connectivity index (χ3n) is 5.80. The van der Waals surface area contributed by atoms with Crippen molar-refractivity contribution < 1.29 is 61.6 Å². The quantitative estimate of drug-likeness (QED) is 0.174. The molecule has 2 aromatic rings. The van der Waals surface area contributed by atoms with Crippen LogP contribution in [0.3, 0.4) is 0 Å². The Morgan fingerprint density at radius 2 is 1.71 bits per heavy atom. The first-order chi connectivity index (χ1) is 19.7. The van der Waals surface area contributed by atoms with Crippen LogP contribution in [0.4, 0.5) is 15.4 Å². The maximum absolute atomic E-state index is 13.3. The summed E-state index contributed by atoms with van der Waals surface area (Å²) in [6.07, 6.45) is -5.53. The van der Waals surface area contributed by atoms with Crippen LogP contribution in [0.25, 0.3) is 5.52 Å². The van der Waals surface area contributed by atoms with Crippen LogP contribution in [0.15, 0.2) is 18.5 Å². The highest BCUT2D eigenvalue weighted by atomic mass is 31.2. The Kier molecular flexibility index (Phi) is 10.3. The number of aromatic nitrogens is 3. The maximum Gasteiger partial charge on any atom is 0.510 e. The number of ether oxygens (including phenoxy) is 5. The molecule has 0 aliphatic carbocycles. The van der Waals surface area contributed by atoms with Crippen LogP contribution in [0.2, 0.25) is 0 Å². The van der Waals surface area contributed by atoms with E-state index in [2.05, 4.69) is 19.6 Å². The summed E-state index contributed by atoms with van der Waals surface area (Å²) in [6.45, 7) is 4.65. The molecule has 42 heavy (non-hydrogen) atoms. The molecule has 19 heteroatoms. The maximum atomic E-state index is 13.3. The number of carbonyl (C=O) groups excluding carboxylic acids is 2. The van der Waals surface area contributed by atoms with Gasteiger partial charge in [0.2, 0.25) is 19.2 Å². The Labute approximate surface area is 239 Å². The third-order valence-corrected chi connectivity index (χ3v) is 7.11. The Morgan fingerprint density at radius 3 is 2.24 bits per heavy atom. The van der Waals surface area contributed by atoms with Crippen molar-refractivity contribution in [3.05, 3.63) is 24.2 Å². The lowest BCUT2D eigenvalue weighted by atomic mass is 9.80. The highest BCUT2D eigenvalue weighted by Gasteiger charge is 2.65. The predicted molar refractivity (Wildman–Crippen MR) is 137 cm³/mol. The van der Waals surface area contributed by atoms with Crippen molar-refractivity contribution in [2.45, 2.75) is 70.2 Å². The van der Waals surface area contributed by atoms with Gasteiger partial charge in [-0.15, -0.1) is 0 Å². The summed E-state index contributed by atoms with van der Waals surface area (Å²) in [7, 11) is -4.74. The molecule has 0 unspecified atom stereocenters. The zero-order chi connectivity index (χ0) is 31.3. The van der Waals surface area contributed by atoms with Gasteiger partial charge in [0.25, 0.3) is 0 Å². The number of fused-ring (bicyclic) bond motifs is 1. The second-order valence-electron chi connectivity index (χ2n) is 9.56. The smallest absolute Gasteiger partial charge is 0.432 e. The predicted octanol–water partition coefficient (Wildman–Crippen LogP) is 1.74.